The third-order valence-corrected chi connectivity index (χ3v) is 5.11. The lowest BCUT2D eigenvalue weighted by molar-refractivity contribution is 0.306. The highest BCUT2D eigenvalue weighted by Gasteiger charge is 2.18. The second kappa shape index (κ2) is 6.17. The number of hydrogen-bond donors (Lipinski definition) is 1. The van der Waals surface area contributed by atoms with Crippen LogP contribution in [-0.4, -0.2) is 19.6 Å². The van der Waals surface area contributed by atoms with E-state index in [1.807, 2.05) is 0 Å². The molecule has 2 aliphatic rings. The van der Waals surface area contributed by atoms with Gasteiger partial charge in [0.15, 0.2) is 0 Å². The van der Waals surface area contributed by atoms with E-state index in [4.69, 9.17) is 0 Å². The Morgan fingerprint density at radius 1 is 1.20 bits per heavy atom. The van der Waals surface area contributed by atoms with Crippen molar-refractivity contribution in [2.75, 3.05) is 18.5 Å². The molecule has 0 spiro atoms. The molecule has 0 unspecified atom stereocenters. The van der Waals surface area contributed by atoms with Crippen LogP contribution in [0.15, 0.2) is 18.2 Å². The van der Waals surface area contributed by atoms with Crippen molar-refractivity contribution in [1.29, 1.82) is 0 Å². The van der Waals surface area contributed by atoms with Crippen molar-refractivity contribution in [3.05, 3.63) is 29.3 Å². The van der Waals surface area contributed by atoms with E-state index in [2.05, 4.69) is 42.4 Å². The number of rotatable bonds is 3. The van der Waals surface area contributed by atoms with E-state index in [0.29, 0.717) is 0 Å². The minimum atomic E-state index is 0.741. The van der Waals surface area contributed by atoms with Gasteiger partial charge >= 0.3 is 0 Å². The smallest absolute Gasteiger partial charge is 0.0396 e. The number of nitrogens with zero attached hydrogens (tertiary/aromatic N) is 1. The van der Waals surface area contributed by atoms with E-state index in [9.17, 15) is 0 Å². The Balaban J connectivity index is 1.58. The molecule has 0 amide bonds. The zero-order valence-electron chi connectivity index (χ0n) is 13.0. The highest BCUT2D eigenvalue weighted by molar-refractivity contribution is 5.56. The maximum Gasteiger partial charge on any atom is 0.0396 e. The summed E-state index contributed by atoms with van der Waals surface area (Å²) in [5, 5.41) is 3.76. The summed E-state index contributed by atoms with van der Waals surface area (Å²) < 4.78 is 0. The minimum absolute atomic E-state index is 0.741. The van der Waals surface area contributed by atoms with Gasteiger partial charge in [-0.05, 0) is 61.6 Å². The Hall–Kier alpha value is -1.02. The first-order valence-electron chi connectivity index (χ1n) is 8.28. The van der Waals surface area contributed by atoms with Gasteiger partial charge in [-0.15, -0.1) is 0 Å². The summed E-state index contributed by atoms with van der Waals surface area (Å²) in [6.07, 6.45) is 8.04. The molecule has 0 bridgehead atoms. The fraction of sp³-hybridized carbons (Fsp3) is 0.667. The molecule has 1 aliphatic heterocycles. The minimum Gasteiger partial charge on any atom is -0.374 e. The maximum atomic E-state index is 3.76. The lowest BCUT2D eigenvalue weighted by Gasteiger charge is -2.29. The van der Waals surface area contributed by atoms with Gasteiger partial charge in [0.05, 0.1) is 0 Å². The number of anilines is 1. The molecule has 1 aromatic carbocycles. The first-order chi connectivity index (χ1) is 9.72. The molecular formula is C18H28N2. The van der Waals surface area contributed by atoms with Crippen molar-refractivity contribution in [3.63, 3.8) is 0 Å². The van der Waals surface area contributed by atoms with Gasteiger partial charge < -0.3 is 10.2 Å². The van der Waals surface area contributed by atoms with Crippen molar-refractivity contribution in [2.24, 2.45) is 5.92 Å². The van der Waals surface area contributed by atoms with Gasteiger partial charge in [-0.2, -0.15) is 0 Å². The van der Waals surface area contributed by atoms with Crippen LogP contribution < -0.4 is 10.2 Å². The largest absolute Gasteiger partial charge is 0.374 e. The Morgan fingerprint density at radius 3 is 2.80 bits per heavy atom. The fourth-order valence-electron chi connectivity index (χ4n) is 3.67. The molecular weight excluding hydrogens is 244 g/mol. The second-order valence-corrected chi connectivity index (χ2v) is 6.83. The van der Waals surface area contributed by atoms with Crippen LogP contribution in [0.25, 0.3) is 0 Å². The van der Waals surface area contributed by atoms with Crippen molar-refractivity contribution >= 4 is 5.69 Å². The zero-order chi connectivity index (χ0) is 13.9. The van der Waals surface area contributed by atoms with Gasteiger partial charge in [0.25, 0.3) is 0 Å². The zero-order valence-corrected chi connectivity index (χ0v) is 13.0. The highest BCUT2D eigenvalue weighted by atomic mass is 15.1. The predicted octanol–water partition coefficient (Wildman–Crippen LogP) is 3.74. The standard InChI is InChI=1S/C18H28N2/c1-14-5-8-17(9-6-14)19-13-15-7-10-18-16(12-15)4-3-11-20(18)2/h7,10,12,14,17,19H,3-6,8-9,11,13H2,1-2H3. The van der Waals surface area contributed by atoms with Gasteiger partial charge in [-0.1, -0.05) is 19.1 Å². The Morgan fingerprint density at radius 2 is 2.00 bits per heavy atom. The van der Waals surface area contributed by atoms with Crippen LogP contribution in [0.5, 0.6) is 0 Å². The number of fused-ring (bicyclic) bond motifs is 1. The molecule has 1 heterocycles. The van der Waals surface area contributed by atoms with E-state index < -0.39 is 0 Å². The van der Waals surface area contributed by atoms with Crippen molar-refractivity contribution in [1.82, 2.24) is 5.32 Å². The van der Waals surface area contributed by atoms with Gasteiger partial charge in [-0.25, -0.2) is 0 Å². The Bertz CT molecular complexity index is 447. The second-order valence-electron chi connectivity index (χ2n) is 6.83. The molecule has 0 radical (unpaired) electrons. The van der Waals surface area contributed by atoms with Crippen LogP contribution in [-0.2, 0) is 13.0 Å². The SMILES string of the molecule is CC1CCC(NCc2ccc3c(c2)CCCN3C)CC1. The van der Waals surface area contributed by atoms with Gasteiger partial charge in [-0.3, -0.25) is 0 Å². The van der Waals surface area contributed by atoms with Crippen molar-refractivity contribution in [3.8, 4) is 0 Å². The van der Waals surface area contributed by atoms with E-state index in [1.54, 1.807) is 0 Å². The van der Waals surface area contributed by atoms with E-state index in [0.717, 1.165) is 18.5 Å². The quantitative estimate of drug-likeness (QED) is 0.902. The Labute approximate surface area is 123 Å². The number of hydrogen-bond acceptors (Lipinski definition) is 2. The first-order valence-corrected chi connectivity index (χ1v) is 8.28. The van der Waals surface area contributed by atoms with E-state index in [-0.39, 0.29) is 0 Å². The maximum absolute atomic E-state index is 3.76. The van der Waals surface area contributed by atoms with E-state index in [1.165, 1.54) is 61.9 Å². The molecule has 1 aromatic rings. The molecule has 1 fully saturated rings. The summed E-state index contributed by atoms with van der Waals surface area (Å²) in [5.41, 5.74) is 4.43. The van der Waals surface area contributed by atoms with Crippen LogP contribution in [0.1, 0.15) is 50.2 Å². The first kappa shape index (κ1) is 13.9. The van der Waals surface area contributed by atoms with Gasteiger partial charge in [0, 0.05) is 31.9 Å². The Kier molecular flexibility index (Phi) is 4.30. The summed E-state index contributed by atoms with van der Waals surface area (Å²) in [5.74, 6) is 0.937. The molecule has 0 aromatic heterocycles. The third kappa shape index (κ3) is 3.17. The van der Waals surface area contributed by atoms with Crippen LogP contribution >= 0.6 is 0 Å². The molecule has 0 saturated heterocycles. The average molecular weight is 272 g/mol. The molecule has 20 heavy (non-hydrogen) atoms. The van der Waals surface area contributed by atoms with Crippen LogP contribution in [0.2, 0.25) is 0 Å². The number of nitrogens with one attached hydrogen (secondary N) is 1. The number of benzene rings is 1. The summed E-state index contributed by atoms with van der Waals surface area (Å²) in [6.45, 7) is 4.62. The molecule has 2 nitrogen and oxygen atoms in total. The lowest BCUT2D eigenvalue weighted by atomic mass is 9.87. The predicted molar refractivity (Wildman–Crippen MR) is 86.3 cm³/mol. The topological polar surface area (TPSA) is 15.3 Å². The van der Waals surface area contributed by atoms with Crippen LogP contribution in [0.4, 0.5) is 5.69 Å². The molecule has 110 valence electrons. The highest BCUT2D eigenvalue weighted by Crippen LogP contribution is 2.27. The summed E-state index contributed by atoms with van der Waals surface area (Å²) in [4.78, 5) is 2.39. The van der Waals surface area contributed by atoms with Crippen LogP contribution in [0.3, 0.4) is 0 Å². The molecule has 2 heteroatoms. The van der Waals surface area contributed by atoms with Crippen LogP contribution in [0, 0.1) is 5.92 Å². The van der Waals surface area contributed by atoms with Crippen molar-refractivity contribution in [2.45, 2.75) is 58.0 Å². The average Bonchev–Trinajstić information content (AvgIpc) is 2.47. The van der Waals surface area contributed by atoms with E-state index >= 15 is 0 Å². The molecule has 0 atom stereocenters. The summed E-state index contributed by atoms with van der Waals surface area (Å²) in [7, 11) is 2.21. The molecule has 1 aliphatic carbocycles. The molecule has 3 rings (SSSR count). The molecule has 1 N–H and O–H groups in total. The van der Waals surface area contributed by atoms with Gasteiger partial charge in [0.2, 0.25) is 0 Å². The molecule has 1 saturated carbocycles. The third-order valence-electron chi connectivity index (χ3n) is 5.11. The lowest BCUT2D eigenvalue weighted by Crippen LogP contribution is -2.32. The number of aryl methyl sites for hydroxylation is 1. The fourth-order valence-corrected chi connectivity index (χ4v) is 3.67. The summed E-state index contributed by atoms with van der Waals surface area (Å²) >= 11 is 0. The van der Waals surface area contributed by atoms with Gasteiger partial charge in [0.1, 0.15) is 0 Å². The summed E-state index contributed by atoms with van der Waals surface area (Å²) in [6, 6.07) is 7.78. The monoisotopic (exact) mass is 272 g/mol. The normalized spacial score (nSPS) is 26.4. The van der Waals surface area contributed by atoms with Crippen molar-refractivity contribution < 1.29 is 0 Å².